The maximum atomic E-state index is 7.78. The Balaban J connectivity index is 1.55. The summed E-state index contributed by atoms with van der Waals surface area (Å²) in [6, 6.07) is 7.90. The first-order valence-electron chi connectivity index (χ1n) is 9.51. The fourth-order valence-corrected chi connectivity index (χ4v) is 3.53. The van der Waals surface area contributed by atoms with Gasteiger partial charge in [0.05, 0.1) is 18.1 Å². The van der Waals surface area contributed by atoms with Crippen molar-refractivity contribution in [1.29, 1.82) is 0 Å². The van der Waals surface area contributed by atoms with Crippen molar-refractivity contribution in [2.24, 2.45) is 5.92 Å². The molecule has 0 spiro atoms. The lowest BCUT2D eigenvalue weighted by Crippen LogP contribution is -2.34. The van der Waals surface area contributed by atoms with Crippen LogP contribution in [0.2, 0.25) is 0 Å². The van der Waals surface area contributed by atoms with Crippen LogP contribution in [0.4, 0.5) is 5.82 Å². The van der Waals surface area contributed by atoms with Gasteiger partial charge in [-0.25, -0.2) is 4.98 Å². The fourth-order valence-electron chi connectivity index (χ4n) is 3.53. The summed E-state index contributed by atoms with van der Waals surface area (Å²) in [7, 11) is 1.65. The van der Waals surface area contributed by atoms with E-state index in [4.69, 9.17) is 12.5 Å². The van der Waals surface area contributed by atoms with Gasteiger partial charge in [-0.3, -0.25) is 4.40 Å². The van der Waals surface area contributed by atoms with Crippen molar-refractivity contribution < 1.29 is 7.48 Å². The fraction of sp³-hybridized carbons (Fsp3) is 0.474. The number of methoxy groups -OCH3 is 1. The first-order valence-corrected chi connectivity index (χ1v) is 8.51. The Hall–Kier alpha value is -2.30. The Kier molecular flexibility index (Phi) is 3.43. The highest BCUT2D eigenvalue weighted by atomic mass is 16.5. The molecule has 3 aromatic rings. The number of benzene rings is 1. The molecular weight excluding hydrogens is 300 g/mol. The van der Waals surface area contributed by atoms with Crippen LogP contribution in [0.3, 0.4) is 0 Å². The Morgan fingerprint density at radius 3 is 2.83 bits per heavy atom. The van der Waals surface area contributed by atoms with E-state index >= 15 is 0 Å². The van der Waals surface area contributed by atoms with E-state index in [1.165, 1.54) is 0 Å². The van der Waals surface area contributed by atoms with Gasteiger partial charge in [-0.05, 0) is 37.0 Å². The number of anilines is 1. The number of fused-ring (bicyclic) bond motifs is 3. The molecule has 5 nitrogen and oxygen atoms in total. The summed E-state index contributed by atoms with van der Waals surface area (Å²) in [6.07, 6.45) is 3.60. The van der Waals surface area contributed by atoms with Gasteiger partial charge in [-0.15, -0.1) is 0 Å². The van der Waals surface area contributed by atoms with E-state index in [9.17, 15) is 0 Å². The summed E-state index contributed by atoms with van der Waals surface area (Å²) in [5, 5.41) is 0. The quantitative estimate of drug-likeness (QED) is 0.729. The Bertz CT molecular complexity index is 926. The Labute approximate surface area is 145 Å². The lowest BCUT2D eigenvalue weighted by Gasteiger charge is -2.32. The van der Waals surface area contributed by atoms with Crippen molar-refractivity contribution in [3.8, 4) is 5.75 Å². The number of aromatic nitrogens is 3. The molecule has 2 aromatic heterocycles. The lowest BCUT2D eigenvalue weighted by molar-refractivity contribution is 0.377. The number of piperidine rings is 1. The van der Waals surface area contributed by atoms with Crippen LogP contribution in [-0.2, 0) is 0 Å². The standard InChI is InChI=1S/C19H24N4O/c1-3-4-14-7-10-22(11-8-14)18-9-12-23-17-6-5-15(24-2)13-16(17)20-19(23)21-18/h5-6,9,12-14H,3-4,7-8,10-11H2,1-2H3/i3D2. The molecule has 126 valence electrons. The molecular formula is C19H24N4O. The number of imidazole rings is 1. The van der Waals surface area contributed by atoms with E-state index in [1.54, 1.807) is 14.0 Å². The molecule has 0 unspecified atom stereocenters. The van der Waals surface area contributed by atoms with Gasteiger partial charge >= 0.3 is 0 Å². The number of rotatable bonds is 4. The highest BCUT2D eigenvalue weighted by Crippen LogP contribution is 2.26. The molecule has 4 rings (SSSR count). The molecule has 1 aromatic carbocycles. The van der Waals surface area contributed by atoms with Gasteiger partial charge in [0.15, 0.2) is 0 Å². The maximum Gasteiger partial charge on any atom is 0.236 e. The first-order chi connectivity index (χ1) is 12.4. The van der Waals surface area contributed by atoms with E-state index < -0.39 is 6.37 Å². The third-order valence-electron chi connectivity index (χ3n) is 4.90. The van der Waals surface area contributed by atoms with Crippen LogP contribution in [0.25, 0.3) is 16.8 Å². The molecule has 0 atom stereocenters. The van der Waals surface area contributed by atoms with E-state index in [1.807, 2.05) is 34.9 Å². The average Bonchev–Trinajstić information content (AvgIpc) is 2.97. The minimum absolute atomic E-state index is 0.455. The predicted octanol–water partition coefficient (Wildman–Crippen LogP) is 3.91. The summed E-state index contributed by atoms with van der Waals surface area (Å²) < 4.78 is 22.8. The smallest absolute Gasteiger partial charge is 0.236 e. The van der Waals surface area contributed by atoms with Crippen molar-refractivity contribution in [2.45, 2.75) is 32.6 Å². The second kappa shape index (κ2) is 6.30. The zero-order valence-electron chi connectivity index (χ0n) is 16.2. The molecule has 0 amide bonds. The van der Waals surface area contributed by atoms with Crippen molar-refractivity contribution in [3.05, 3.63) is 30.5 Å². The molecule has 0 aliphatic carbocycles. The lowest BCUT2D eigenvalue weighted by atomic mass is 9.92. The van der Waals surface area contributed by atoms with Crippen LogP contribution in [-0.4, -0.2) is 34.6 Å². The maximum absolute atomic E-state index is 7.78. The van der Waals surface area contributed by atoms with Crippen molar-refractivity contribution in [1.82, 2.24) is 14.4 Å². The zero-order chi connectivity index (χ0) is 18.3. The van der Waals surface area contributed by atoms with Crippen LogP contribution in [0, 0.1) is 5.92 Å². The van der Waals surface area contributed by atoms with E-state index in [0.29, 0.717) is 18.1 Å². The predicted molar refractivity (Wildman–Crippen MR) is 96.9 cm³/mol. The van der Waals surface area contributed by atoms with Crippen LogP contribution < -0.4 is 9.64 Å². The average molecular weight is 326 g/mol. The minimum atomic E-state index is -1.08. The van der Waals surface area contributed by atoms with Crippen LogP contribution in [0.15, 0.2) is 30.5 Å². The summed E-state index contributed by atoms with van der Waals surface area (Å²) in [4.78, 5) is 11.7. The molecule has 1 saturated heterocycles. The Morgan fingerprint density at radius 2 is 2.08 bits per heavy atom. The van der Waals surface area contributed by atoms with E-state index in [-0.39, 0.29) is 0 Å². The van der Waals surface area contributed by atoms with Crippen LogP contribution in [0.5, 0.6) is 5.75 Å². The molecule has 0 radical (unpaired) electrons. The molecule has 1 fully saturated rings. The molecule has 0 bridgehead atoms. The second-order valence-electron chi connectivity index (χ2n) is 6.41. The Morgan fingerprint density at radius 1 is 1.25 bits per heavy atom. The summed E-state index contributed by atoms with van der Waals surface area (Å²) in [5.41, 5.74) is 1.89. The molecule has 24 heavy (non-hydrogen) atoms. The van der Waals surface area contributed by atoms with Gasteiger partial charge < -0.3 is 9.64 Å². The van der Waals surface area contributed by atoms with E-state index in [0.717, 1.165) is 48.5 Å². The number of ether oxygens (including phenoxy) is 1. The van der Waals surface area contributed by atoms with Gasteiger partial charge in [-0.2, -0.15) is 4.98 Å². The molecule has 0 N–H and O–H groups in total. The molecule has 1 aliphatic rings. The third-order valence-corrected chi connectivity index (χ3v) is 4.90. The highest BCUT2D eigenvalue weighted by Gasteiger charge is 2.20. The summed E-state index contributed by atoms with van der Waals surface area (Å²) >= 11 is 0. The molecule has 1 aliphatic heterocycles. The van der Waals surface area contributed by atoms with E-state index in [2.05, 4.69) is 9.88 Å². The molecule has 0 saturated carbocycles. The van der Waals surface area contributed by atoms with Crippen LogP contribution in [0.1, 0.15) is 35.3 Å². The second-order valence-corrected chi connectivity index (χ2v) is 6.41. The minimum Gasteiger partial charge on any atom is -0.497 e. The monoisotopic (exact) mass is 326 g/mol. The van der Waals surface area contributed by atoms with Gasteiger partial charge in [0.1, 0.15) is 11.6 Å². The number of hydrogen-bond acceptors (Lipinski definition) is 4. The largest absolute Gasteiger partial charge is 0.497 e. The summed E-state index contributed by atoms with van der Waals surface area (Å²) in [5.74, 6) is 2.88. The van der Waals surface area contributed by atoms with Crippen LogP contribution >= 0.6 is 0 Å². The third kappa shape index (κ3) is 2.68. The SMILES string of the molecule is [2H]C([2H])(C)CC1CCN(c2ccn3c(n2)nc2cc(OC)ccc23)CC1. The molecule has 5 heteroatoms. The number of hydrogen-bond donors (Lipinski definition) is 0. The topological polar surface area (TPSA) is 42.7 Å². The molecule has 3 heterocycles. The normalized spacial score (nSPS) is 18.0. The van der Waals surface area contributed by atoms with Crippen molar-refractivity contribution >= 4 is 22.6 Å². The first kappa shape index (κ1) is 13.0. The van der Waals surface area contributed by atoms with Gasteiger partial charge in [0.25, 0.3) is 0 Å². The van der Waals surface area contributed by atoms with Gasteiger partial charge in [0, 0.05) is 28.1 Å². The van der Waals surface area contributed by atoms with Crippen molar-refractivity contribution in [3.63, 3.8) is 0 Å². The van der Waals surface area contributed by atoms with Gasteiger partial charge in [0.2, 0.25) is 5.78 Å². The zero-order valence-corrected chi connectivity index (χ0v) is 14.2. The van der Waals surface area contributed by atoms with Gasteiger partial charge in [-0.1, -0.05) is 19.7 Å². The summed E-state index contributed by atoms with van der Waals surface area (Å²) in [6.45, 7) is 3.50. The highest BCUT2D eigenvalue weighted by molar-refractivity contribution is 5.81. The number of nitrogens with zero attached hydrogens (tertiary/aromatic N) is 4. The van der Waals surface area contributed by atoms with Crippen molar-refractivity contribution in [2.75, 3.05) is 25.1 Å².